The van der Waals surface area contributed by atoms with Gasteiger partial charge in [0.2, 0.25) is 5.91 Å². The summed E-state index contributed by atoms with van der Waals surface area (Å²) in [7, 11) is 0. The summed E-state index contributed by atoms with van der Waals surface area (Å²) >= 11 is 0. The first-order chi connectivity index (χ1) is 10.2. The van der Waals surface area contributed by atoms with E-state index in [0.717, 1.165) is 6.07 Å². The van der Waals surface area contributed by atoms with E-state index >= 15 is 0 Å². The van der Waals surface area contributed by atoms with Crippen LogP contribution in [0, 0.1) is 0 Å². The molecule has 0 fully saturated rings. The fourth-order valence-corrected chi connectivity index (χ4v) is 1.71. The lowest BCUT2D eigenvalue weighted by Crippen LogP contribution is -2.49. The molecule has 1 aromatic rings. The number of carbonyl (C=O) groups is 3. The zero-order valence-corrected chi connectivity index (χ0v) is 11.4. The molecule has 9 nitrogen and oxygen atoms in total. The van der Waals surface area contributed by atoms with Crippen LogP contribution in [0.5, 0.6) is 11.5 Å². The van der Waals surface area contributed by atoms with Crippen molar-refractivity contribution in [1.29, 1.82) is 0 Å². The van der Waals surface area contributed by atoms with Gasteiger partial charge >= 0.3 is 11.9 Å². The summed E-state index contributed by atoms with van der Waals surface area (Å²) in [6, 6.07) is 0.740. The molecule has 2 unspecified atom stereocenters. The van der Waals surface area contributed by atoms with Gasteiger partial charge in [-0.25, -0.2) is 4.79 Å². The molecule has 0 aromatic heterocycles. The van der Waals surface area contributed by atoms with Gasteiger partial charge in [-0.2, -0.15) is 0 Å². The number of nitrogens with two attached hydrogens (primary N) is 1. The third-order valence-corrected chi connectivity index (χ3v) is 2.83. The summed E-state index contributed by atoms with van der Waals surface area (Å²) in [5.41, 5.74) is 5.45. The Balaban J connectivity index is 2.82. The van der Waals surface area contributed by atoms with Crippen molar-refractivity contribution in [3.63, 3.8) is 0 Å². The number of nitrogens with one attached hydrogen (secondary N) is 1. The normalized spacial score (nSPS) is 13.1. The largest absolute Gasteiger partial charge is 0.508 e. The maximum Gasteiger partial charge on any atom is 0.326 e. The number of carbonyl (C=O) groups excluding carboxylic acids is 1. The molecule has 0 aliphatic heterocycles. The highest BCUT2D eigenvalue weighted by Gasteiger charge is 2.25. The van der Waals surface area contributed by atoms with Crippen LogP contribution in [0.15, 0.2) is 18.2 Å². The smallest absolute Gasteiger partial charge is 0.326 e. The molecule has 1 rings (SSSR count). The fraction of sp³-hybridized carbons (Fsp3) is 0.308. The predicted molar refractivity (Wildman–Crippen MR) is 73.3 cm³/mol. The maximum absolute atomic E-state index is 11.7. The second kappa shape index (κ2) is 7.27. The molecule has 1 aromatic carbocycles. The van der Waals surface area contributed by atoms with Crippen molar-refractivity contribution < 1.29 is 34.8 Å². The Labute approximate surface area is 125 Å². The fourth-order valence-electron chi connectivity index (χ4n) is 1.71. The van der Waals surface area contributed by atoms with E-state index in [-0.39, 0.29) is 23.5 Å². The first-order valence-electron chi connectivity index (χ1n) is 6.22. The summed E-state index contributed by atoms with van der Waals surface area (Å²) in [6.07, 6.45) is -0.948. The van der Waals surface area contributed by atoms with E-state index in [1.54, 1.807) is 0 Å². The van der Waals surface area contributed by atoms with Gasteiger partial charge in [-0.15, -0.1) is 0 Å². The van der Waals surface area contributed by atoms with Gasteiger partial charge in [-0.05, 0) is 18.2 Å². The first kappa shape index (κ1) is 17.2. The van der Waals surface area contributed by atoms with Crippen molar-refractivity contribution in [3.05, 3.63) is 23.8 Å². The topological polar surface area (TPSA) is 170 Å². The van der Waals surface area contributed by atoms with Crippen LogP contribution in [-0.2, 0) is 20.8 Å². The van der Waals surface area contributed by atoms with Crippen molar-refractivity contribution in [1.82, 2.24) is 5.32 Å². The molecule has 0 bridgehead atoms. The lowest BCUT2D eigenvalue weighted by molar-refractivity contribution is -0.142. The average molecular weight is 312 g/mol. The lowest BCUT2D eigenvalue weighted by atomic mass is 10.0. The number of carboxylic acid groups (broad SMARTS) is 2. The standard InChI is InChI=1S/C13H16N2O7/c14-8(5-11(18)19)12(20)15-9(13(21)22)4-6-3-7(16)1-2-10(6)17/h1-3,8-9,16-17H,4-5,14H2,(H,15,20)(H,18,19)(H,21,22). The van der Waals surface area contributed by atoms with Crippen LogP contribution in [0.2, 0.25) is 0 Å². The molecule has 0 aliphatic rings. The van der Waals surface area contributed by atoms with Gasteiger partial charge in [-0.1, -0.05) is 0 Å². The van der Waals surface area contributed by atoms with Crippen LogP contribution in [0.25, 0.3) is 0 Å². The van der Waals surface area contributed by atoms with E-state index in [2.05, 4.69) is 5.32 Å². The molecule has 9 heteroatoms. The van der Waals surface area contributed by atoms with Gasteiger partial charge in [0.15, 0.2) is 0 Å². The van der Waals surface area contributed by atoms with E-state index < -0.39 is 36.4 Å². The van der Waals surface area contributed by atoms with Gasteiger partial charge in [0.25, 0.3) is 0 Å². The third kappa shape index (κ3) is 4.94. The molecule has 0 saturated heterocycles. The molecule has 0 spiro atoms. The lowest BCUT2D eigenvalue weighted by Gasteiger charge is -2.17. The molecular weight excluding hydrogens is 296 g/mol. The summed E-state index contributed by atoms with van der Waals surface area (Å²) in [5.74, 6) is -4.04. The molecule has 0 saturated carbocycles. The van der Waals surface area contributed by atoms with Crippen LogP contribution in [0.4, 0.5) is 0 Å². The monoisotopic (exact) mass is 312 g/mol. The number of carboxylic acids is 2. The van der Waals surface area contributed by atoms with E-state index in [9.17, 15) is 24.6 Å². The van der Waals surface area contributed by atoms with Gasteiger partial charge in [-0.3, -0.25) is 9.59 Å². The van der Waals surface area contributed by atoms with Gasteiger partial charge in [0.05, 0.1) is 12.5 Å². The summed E-state index contributed by atoms with van der Waals surface area (Å²) in [6.45, 7) is 0. The Kier molecular flexibility index (Phi) is 5.70. The Bertz CT molecular complexity index is 588. The zero-order valence-electron chi connectivity index (χ0n) is 11.4. The van der Waals surface area contributed by atoms with E-state index in [1.807, 2.05) is 0 Å². The Morgan fingerprint density at radius 1 is 1.18 bits per heavy atom. The van der Waals surface area contributed by atoms with E-state index in [4.69, 9.17) is 15.9 Å². The third-order valence-electron chi connectivity index (χ3n) is 2.83. The Morgan fingerprint density at radius 3 is 2.36 bits per heavy atom. The minimum Gasteiger partial charge on any atom is -0.508 e. The number of phenolic OH excluding ortho intramolecular Hbond substituents is 2. The minimum atomic E-state index is -1.43. The predicted octanol–water partition coefficient (Wildman–Crippen LogP) is -0.988. The van der Waals surface area contributed by atoms with E-state index in [0.29, 0.717) is 0 Å². The van der Waals surface area contributed by atoms with Gasteiger partial charge < -0.3 is 31.5 Å². The number of hydrogen-bond donors (Lipinski definition) is 6. The van der Waals surface area contributed by atoms with Crippen LogP contribution in [0.1, 0.15) is 12.0 Å². The second-order valence-electron chi connectivity index (χ2n) is 4.62. The van der Waals surface area contributed by atoms with Crippen molar-refractivity contribution in [2.75, 3.05) is 0 Å². The number of aromatic hydroxyl groups is 2. The van der Waals surface area contributed by atoms with Crippen molar-refractivity contribution >= 4 is 17.8 Å². The minimum absolute atomic E-state index is 0.111. The molecular formula is C13H16N2O7. The highest BCUT2D eigenvalue weighted by molar-refractivity contribution is 5.89. The molecule has 0 radical (unpaired) electrons. The summed E-state index contributed by atoms with van der Waals surface area (Å²) in [5, 5.41) is 38.7. The summed E-state index contributed by atoms with van der Waals surface area (Å²) in [4.78, 5) is 33.3. The summed E-state index contributed by atoms with van der Waals surface area (Å²) < 4.78 is 0. The molecule has 0 heterocycles. The van der Waals surface area contributed by atoms with Gasteiger partial charge in [0.1, 0.15) is 17.5 Å². The Morgan fingerprint density at radius 2 is 1.82 bits per heavy atom. The second-order valence-corrected chi connectivity index (χ2v) is 4.62. The molecule has 2 atom stereocenters. The quantitative estimate of drug-likeness (QED) is 0.348. The average Bonchev–Trinajstić information content (AvgIpc) is 2.40. The van der Waals surface area contributed by atoms with Crippen molar-refractivity contribution in [2.45, 2.75) is 24.9 Å². The molecule has 7 N–H and O–H groups in total. The first-order valence-corrected chi connectivity index (χ1v) is 6.22. The molecule has 120 valence electrons. The highest BCUT2D eigenvalue weighted by atomic mass is 16.4. The van der Waals surface area contributed by atoms with Crippen LogP contribution in [-0.4, -0.2) is 50.4 Å². The SMILES string of the molecule is NC(CC(=O)O)C(=O)NC(Cc1cc(O)ccc1O)C(=O)O. The van der Waals surface area contributed by atoms with Crippen LogP contribution in [0.3, 0.4) is 0 Å². The number of rotatable bonds is 7. The zero-order chi connectivity index (χ0) is 16.9. The number of phenols is 2. The number of benzene rings is 1. The van der Waals surface area contributed by atoms with E-state index in [1.165, 1.54) is 12.1 Å². The Hall–Kier alpha value is -2.81. The maximum atomic E-state index is 11.7. The van der Waals surface area contributed by atoms with Crippen LogP contribution >= 0.6 is 0 Å². The van der Waals surface area contributed by atoms with Crippen molar-refractivity contribution in [2.24, 2.45) is 5.73 Å². The number of aliphatic carboxylic acids is 2. The number of hydrogen-bond acceptors (Lipinski definition) is 6. The molecule has 1 amide bonds. The van der Waals surface area contributed by atoms with Crippen molar-refractivity contribution in [3.8, 4) is 11.5 Å². The van der Waals surface area contributed by atoms with Crippen LogP contribution < -0.4 is 11.1 Å². The van der Waals surface area contributed by atoms with Gasteiger partial charge in [0, 0.05) is 12.0 Å². The highest BCUT2D eigenvalue weighted by Crippen LogP contribution is 2.23. The molecule has 22 heavy (non-hydrogen) atoms. The molecule has 0 aliphatic carbocycles. The number of amides is 1.